The van der Waals surface area contributed by atoms with Gasteiger partial charge in [0.2, 0.25) is 5.88 Å². The molecule has 0 atom stereocenters. The molecule has 0 bridgehead atoms. The lowest BCUT2D eigenvalue weighted by Gasteiger charge is -2.21. The van der Waals surface area contributed by atoms with Gasteiger partial charge >= 0.3 is 0 Å². The third-order valence-electron chi connectivity index (χ3n) is 2.65. The smallest absolute Gasteiger partial charge is 0.214 e. The molecule has 0 aliphatic rings. The molecule has 3 heteroatoms. The van der Waals surface area contributed by atoms with Crippen LogP contribution in [0, 0.1) is 0 Å². The van der Waals surface area contributed by atoms with Gasteiger partial charge < -0.3 is 10.1 Å². The first-order valence-electron chi connectivity index (χ1n) is 7.10. The quantitative estimate of drug-likeness (QED) is 0.876. The number of rotatable bonds is 5. The second kappa shape index (κ2) is 6.38. The lowest BCUT2D eigenvalue weighted by atomic mass is 10.1. The Bertz CT molecular complexity index is 406. The molecule has 1 aromatic rings. The highest BCUT2D eigenvalue weighted by atomic mass is 16.5. The van der Waals surface area contributed by atoms with E-state index in [1.165, 1.54) is 5.56 Å². The van der Waals surface area contributed by atoms with Gasteiger partial charge in [-0.1, -0.05) is 13.8 Å². The zero-order valence-corrected chi connectivity index (χ0v) is 13.4. The van der Waals surface area contributed by atoms with Gasteiger partial charge in [0, 0.05) is 23.8 Å². The largest absolute Gasteiger partial charge is 0.475 e. The standard InChI is InChI=1S/C16H28N2O/c1-11(2)14-8-13(10-17-16(5,6)7)9-15(18-14)19-12(3)4/h8-9,11-12,17H,10H2,1-7H3. The number of ether oxygens (including phenoxy) is 1. The lowest BCUT2D eigenvalue weighted by molar-refractivity contribution is 0.231. The van der Waals surface area contributed by atoms with Gasteiger partial charge in [-0.25, -0.2) is 4.98 Å². The van der Waals surface area contributed by atoms with Gasteiger partial charge in [0.05, 0.1) is 6.10 Å². The first-order valence-corrected chi connectivity index (χ1v) is 7.10. The summed E-state index contributed by atoms with van der Waals surface area (Å²) in [5.41, 5.74) is 2.42. The van der Waals surface area contributed by atoms with Crippen molar-refractivity contribution in [1.82, 2.24) is 10.3 Å². The maximum absolute atomic E-state index is 5.74. The molecule has 1 aromatic heterocycles. The minimum absolute atomic E-state index is 0.111. The van der Waals surface area contributed by atoms with Crippen LogP contribution in [0.5, 0.6) is 5.88 Å². The minimum Gasteiger partial charge on any atom is -0.475 e. The van der Waals surface area contributed by atoms with Gasteiger partial charge in [0.1, 0.15) is 0 Å². The molecule has 0 saturated carbocycles. The van der Waals surface area contributed by atoms with Crippen molar-refractivity contribution in [2.45, 2.75) is 72.6 Å². The van der Waals surface area contributed by atoms with Crippen LogP contribution in [0.25, 0.3) is 0 Å². The third kappa shape index (κ3) is 6.06. The maximum atomic E-state index is 5.74. The summed E-state index contributed by atoms with van der Waals surface area (Å²) in [4.78, 5) is 4.57. The number of pyridine rings is 1. The second-order valence-electron chi connectivity index (χ2n) is 6.66. The average molecular weight is 264 g/mol. The first-order chi connectivity index (χ1) is 8.67. The molecule has 3 nitrogen and oxygen atoms in total. The fourth-order valence-corrected chi connectivity index (χ4v) is 1.65. The summed E-state index contributed by atoms with van der Waals surface area (Å²) in [6.07, 6.45) is 0.151. The van der Waals surface area contributed by atoms with Gasteiger partial charge in [0.15, 0.2) is 0 Å². The van der Waals surface area contributed by atoms with Crippen molar-refractivity contribution in [3.05, 3.63) is 23.4 Å². The molecule has 0 unspecified atom stereocenters. The molecular formula is C16H28N2O. The Morgan fingerprint density at radius 1 is 1.16 bits per heavy atom. The Kier molecular flexibility index (Phi) is 5.36. The maximum Gasteiger partial charge on any atom is 0.214 e. The van der Waals surface area contributed by atoms with Crippen LogP contribution in [0.2, 0.25) is 0 Å². The average Bonchev–Trinajstić information content (AvgIpc) is 2.24. The van der Waals surface area contributed by atoms with Crippen molar-refractivity contribution in [2.75, 3.05) is 0 Å². The van der Waals surface area contributed by atoms with Crippen molar-refractivity contribution in [1.29, 1.82) is 0 Å². The number of hydrogen-bond acceptors (Lipinski definition) is 3. The van der Waals surface area contributed by atoms with Crippen LogP contribution >= 0.6 is 0 Å². The topological polar surface area (TPSA) is 34.1 Å². The third-order valence-corrected chi connectivity index (χ3v) is 2.65. The molecule has 0 spiro atoms. The molecule has 1 heterocycles. The van der Waals surface area contributed by atoms with E-state index in [1.807, 2.05) is 19.9 Å². The van der Waals surface area contributed by atoms with E-state index in [4.69, 9.17) is 4.74 Å². The highest BCUT2D eigenvalue weighted by Crippen LogP contribution is 2.20. The molecule has 0 radical (unpaired) electrons. The Morgan fingerprint density at radius 3 is 2.26 bits per heavy atom. The Balaban J connectivity index is 2.93. The number of aromatic nitrogens is 1. The SMILES string of the molecule is CC(C)Oc1cc(CNC(C)(C)C)cc(C(C)C)n1. The summed E-state index contributed by atoms with van der Waals surface area (Å²) >= 11 is 0. The molecule has 0 saturated heterocycles. The molecule has 0 aliphatic carbocycles. The van der Waals surface area contributed by atoms with Gasteiger partial charge in [-0.05, 0) is 52.2 Å². The van der Waals surface area contributed by atoms with Gasteiger partial charge in [0.25, 0.3) is 0 Å². The second-order valence-corrected chi connectivity index (χ2v) is 6.66. The summed E-state index contributed by atoms with van der Waals surface area (Å²) < 4.78 is 5.74. The summed E-state index contributed by atoms with van der Waals surface area (Å²) in [6.45, 7) is 15.7. The summed E-state index contributed by atoms with van der Waals surface area (Å²) in [6, 6.07) is 4.20. The van der Waals surface area contributed by atoms with Crippen LogP contribution in [0.4, 0.5) is 0 Å². The van der Waals surface area contributed by atoms with Crippen LogP contribution in [0.1, 0.15) is 65.6 Å². The highest BCUT2D eigenvalue weighted by molar-refractivity contribution is 5.27. The first kappa shape index (κ1) is 16.0. The van der Waals surface area contributed by atoms with E-state index in [1.54, 1.807) is 0 Å². The van der Waals surface area contributed by atoms with Gasteiger partial charge in [-0.3, -0.25) is 0 Å². The van der Waals surface area contributed by atoms with E-state index in [9.17, 15) is 0 Å². The molecule has 19 heavy (non-hydrogen) atoms. The predicted octanol–water partition coefficient (Wildman–Crippen LogP) is 3.88. The molecule has 1 rings (SSSR count). The lowest BCUT2D eigenvalue weighted by Crippen LogP contribution is -2.35. The number of hydrogen-bond donors (Lipinski definition) is 1. The molecule has 0 aliphatic heterocycles. The van der Waals surface area contributed by atoms with Crippen LogP contribution in [0.15, 0.2) is 12.1 Å². The summed E-state index contributed by atoms with van der Waals surface area (Å²) in [5, 5.41) is 3.50. The molecule has 0 fully saturated rings. The van der Waals surface area contributed by atoms with Crippen LogP contribution in [0.3, 0.4) is 0 Å². The number of nitrogens with zero attached hydrogens (tertiary/aromatic N) is 1. The number of nitrogens with one attached hydrogen (secondary N) is 1. The Hall–Kier alpha value is -1.09. The van der Waals surface area contributed by atoms with Gasteiger partial charge in [-0.2, -0.15) is 0 Å². The van der Waals surface area contributed by atoms with Crippen molar-refractivity contribution >= 4 is 0 Å². The molecular weight excluding hydrogens is 236 g/mol. The van der Waals surface area contributed by atoms with Crippen LogP contribution in [-0.2, 0) is 6.54 Å². The Morgan fingerprint density at radius 2 is 1.79 bits per heavy atom. The van der Waals surface area contributed by atoms with Crippen molar-refractivity contribution < 1.29 is 4.74 Å². The molecule has 1 N–H and O–H groups in total. The predicted molar refractivity (Wildman–Crippen MR) is 80.7 cm³/mol. The van der Waals surface area contributed by atoms with E-state index in [0.29, 0.717) is 5.92 Å². The van der Waals surface area contributed by atoms with E-state index >= 15 is 0 Å². The van der Waals surface area contributed by atoms with E-state index in [2.05, 4.69) is 51.0 Å². The Labute approximate surface area is 117 Å². The van der Waals surface area contributed by atoms with E-state index < -0.39 is 0 Å². The van der Waals surface area contributed by atoms with Crippen molar-refractivity contribution in [2.24, 2.45) is 0 Å². The van der Waals surface area contributed by atoms with Crippen LogP contribution < -0.4 is 10.1 Å². The molecule has 0 amide bonds. The zero-order valence-electron chi connectivity index (χ0n) is 13.4. The summed E-state index contributed by atoms with van der Waals surface area (Å²) in [5.74, 6) is 1.14. The molecule has 0 aromatic carbocycles. The highest BCUT2D eigenvalue weighted by Gasteiger charge is 2.12. The molecule has 108 valence electrons. The van der Waals surface area contributed by atoms with E-state index in [0.717, 1.165) is 18.1 Å². The van der Waals surface area contributed by atoms with E-state index in [-0.39, 0.29) is 11.6 Å². The fraction of sp³-hybridized carbons (Fsp3) is 0.688. The minimum atomic E-state index is 0.111. The van der Waals surface area contributed by atoms with Crippen molar-refractivity contribution in [3.63, 3.8) is 0 Å². The zero-order chi connectivity index (χ0) is 14.6. The fourth-order valence-electron chi connectivity index (χ4n) is 1.65. The summed E-state index contributed by atoms with van der Waals surface area (Å²) in [7, 11) is 0. The normalized spacial score (nSPS) is 12.3. The van der Waals surface area contributed by atoms with Crippen molar-refractivity contribution in [3.8, 4) is 5.88 Å². The van der Waals surface area contributed by atoms with Crippen LogP contribution in [-0.4, -0.2) is 16.6 Å². The van der Waals surface area contributed by atoms with Gasteiger partial charge in [-0.15, -0.1) is 0 Å². The monoisotopic (exact) mass is 264 g/mol.